The fourth-order valence-electron chi connectivity index (χ4n) is 3.53. The summed E-state index contributed by atoms with van der Waals surface area (Å²) in [7, 11) is 0. The minimum absolute atomic E-state index is 0. The Morgan fingerprint density at radius 2 is 1.96 bits per heavy atom. The van der Waals surface area contributed by atoms with Crippen molar-refractivity contribution in [2.75, 3.05) is 32.8 Å². The molecule has 2 fully saturated rings. The van der Waals surface area contributed by atoms with Crippen molar-refractivity contribution in [3.05, 3.63) is 29.3 Å². The first-order valence-electron chi connectivity index (χ1n) is 8.26. The van der Waals surface area contributed by atoms with Crippen molar-refractivity contribution in [2.45, 2.75) is 26.7 Å². The zero-order valence-electron chi connectivity index (χ0n) is 14.2. The van der Waals surface area contributed by atoms with E-state index in [1.54, 1.807) is 0 Å². The topological polar surface area (TPSA) is 41.6 Å². The highest BCUT2D eigenvalue weighted by Crippen LogP contribution is 2.29. The molecule has 0 aliphatic carbocycles. The zero-order valence-corrected chi connectivity index (χ0v) is 15.0. The van der Waals surface area contributed by atoms with Gasteiger partial charge in [-0.2, -0.15) is 0 Å². The second kappa shape index (κ2) is 7.54. The lowest BCUT2D eigenvalue weighted by Gasteiger charge is -2.19. The van der Waals surface area contributed by atoms with Crippen LogP contribution in [-0.2, 0) is 4.79 Å². The SMILES string of the molecule is Cc1ccc(C(C)C)c(OCC(=O)N2C[C@H]3CNC[C@H]3C2)c1.Cl. The summed E-state index contributed by atoms with van der Waals surface area (Å²) < 4.78 is 5.87. The Kier molecular flexibility index (Phi) is 5.93. The lowest BCUT2D eigenvalue weighted by molar-refractivity contribution is -0.132. The molecular weight excluding hydrogens is 312 g/mol. The van der Waals surface area contributed by atoms with Gasteiger partial charge in [-0.15, -0.1) is 12.4 Å². The van der Waals surface area contributed by atoms with Crippen LogP contribution in [0.25, 0.3) is 0 Å². The molecule has 2 aliphatic heterocycles. The maximum absolute atomic E-state index is 12.4. The first-order valence-corrected chi connectivity index (χ1v) is 8.26. The molecule has 3 rings (SSSR count). The van der Waals surface area contributed by atoms with E-state index in [0.29, 0.717) is 17.8 Å². The maximum atomic E-state index is 12.4. The molecule has 0 radical (unpaired) electrons. The minimum atomic E-state index is 0. The minimum Gasteiger partial charge on any atom is -0.483 e. The summed E-state index contributed by atoms with van der Waals surface area (Å²) in [6.07, 6.45) is 0. The van der Waals surface area contributed by atoms with Gasteiger partial charge in [0.25, 0.3) is 5.91 Å². The van der Waals surface area contributed by atoms with E-state index in [1.165, 1.54) is 5.56 Å². The molecule has 5 heteroatoms. The number of hydrogen-bond donors (Lipinski definition) is 1. The smallest absolute Gasteiger partial charge is 0.260 e. The van der Waals surface area contributed by atoms with Gasteiger partial charge in [0.15, 0.2) is 6.61 Å². The Bertz CT molecular complexity index is 550. The highest BCUT2D eigenvalue weighted by Gasteiger charge is 2.38. The van der Waals surface area contributed by atoms with E-state index < -0.39 is 0 Å². The van der Waals surface area contributed by atoms with Crippen LogP contribution in [0.15, 0.2) is 18.2 Å². The molecular formula is C18H27ClN2O2. The quantitative estimate of drug-likeness (QED) is 0.917. The summed E-state index contributed by atoms with van der Waals surface area (Å²) in [5, 5.41) is 3.40. The molecule has 2 saturated heterocycles. The number of nitrogens with one attached hydrogen (secondary N) is 1. The number of nitrogens with zero attached hydrogens (tertiary/aromatic N) is 1. The van der Waals surface area contributed by atoms with E-state index in [1.807, 2.05) is 17.9 Å². The number of likely N-dealkylation sites (tertiary alicyclic amines) is 1. The van der Waals surface area contributed by atoms with Crippen LogP contribution in [0.1, 0.15) is 30.9 Å². The predicted molar refractivity (Wildman–Crippen MR) is 94.4 cm³/mol. The van der Waals surface area contributed by atoms with Crippen LogP contribution in [0.4, 0.5) is 0 Å². The van der Waals surface area contributed by atoms with Gasteiger partial charge in [-0.25, -0.2) is 0 Å². The summed E-state index contributed by atoms with van der Waals surface area (Å²) >= 11 is 0. The summed E-state index contributed by atoms with van der Waals surface area (Å²) in [4.78, 5) is 14.4. The number of fused-ring (bicyclic) bond motifs is 1. The molecule has 0 bridgehead atoms. The van der Waals surface area contributed by atoms with Crippen molar-refractivity contribution < 1.29 is 9.53 Å². The number of amides is 1. The first-order chi connectivity index (χ1) is 10.5. The molecule has 1 amide bonds. The number of hydrogen-bond acceptors (Lipinski definition) is 3. The highest BCUT2D eigenvalue weighted by molar-refractivity contribution is 5.85. The van der Waals surface area contributed by atoms with Crippen LogP contribution in [0.2, 0.25) is 0 Å². The van der Waals surface area contributed by atoms with Gasteiger partial charge in [-0.05, 0) is 41.9 Å². The third-order valence-electron chi connectivity index (χ3n) is 4.88. The molecule has 0 unspecified atom stereocenters. The van der Waals surface area contributed by atoms with Crippen molar-refractivity contribution in [2.24, 2.45) is 11.8 Å². The van der Waals surface area contributed by atoms with Gasteiger partial charge < -0.3 is 15.0 Å². The number of rotatable bonds is 4. The maximum Gasteiger partial charge on any atom is 0.260 e. The van der Waals surface area contributed by atoms with Gasteiger partial charge in [0.05, 0.1) is 0 Å². The lowest BCUT2D eigenvalue weighted by atomic mass is 10.0. The Morgan fingerprint density at radius 3 is 2.57 bits per heavy atom. The van der Waals surface area contributed by atoms with Crippen molar-refractivity contribution >= 4 is 18.3 Å². The summed E-state index contributed by atoms with van der Waals surface area (Å²) in [5.41, 5.74) is 2.33. The lowest BCUT2D eigenvalue weighted by Crippen LogP contribution is -2.35. The third kappa shape index (κ3) is 3.99. The molecule has 2 aliphatic rings. The molecule has 1 aromatic carbocycles. The van der Waals surface area contributed by atoms with Crippen LogP contribution >= 0.6 is 12.4 Å². The first kappa shape index (κ1) is 18.1. The summed E-state index contributed by atoms with van der Waals surface area (Å²) in [6, 6.07) is 6.23. The van der Waals surface area contributed by atoms with Crippen LogP contribution < -0.4 is 10.1 Å². The number of benzene rings is 1. The van der Waals surface area contributed by atoms with E-state index in [4.69, 9.17) is 4.74 Å². The van der Waals surface area contributed by atoms with E-state index in [2.05, 4.69) is 31.3 Å². The Hall–Kier alpha value is -1.26. The number of aryl methyl sites for hydroxylation is 1. The molecule has 2 atom stereocenters. The number of carbonyl (C=O) groups is 1. The van der Waals surface area contributed by atoms with E-state index in [9.17, 15) is 4.79 Å². The van der Waals surface area contributed by atoms with Crippen LogP contribution in [0.5, 0.6) is 5.75 Å². The van der Waals surface area contributed by atoms with Crippen molar-refractivity contribution in [1.82, 2.24) is 10.2 Å². The van der Waals surface area contributed by atoms with Gasteiger partial charge in [-0.3, -0.25) is 4.79 Å². The van der Waals surface area contributed by atoms with Gasteiger partial charge in [-0.1, -0.05) is 26.0 Å². The average molecular weight is 339 g/mol. The molecule has 23 heavy (non-hydrogen) atoms. The standard InChI is InChI=1S/C18H26N2O2.ClH/c1-12(2)16-5-4-13(3)6-17(16)22-11-18(21)20-9-14-7-19-8-15(14)10-20;/h4-6,12,14-15,19H,7-11H2,1-3H3;1H/t14-,15+;. The molecule has 0 saturated carbocycles. The van der Waals surface area contributed by atoms with Gasteiger partial charge in [0.2, 0.25) is 0 Å². The molecule has 128 valence electrons. The fraction of sp³-hybridized carbons (Fsp3) is 0.611. The number of ether oxygens (including phenoxy) is 1. The summed E-state index contributed by atoms with van der Waals surface area (Å²) in [5.74, 6) is 2.63. The molecule has 2 heterocycles. The monoisotopic (exact) mass is 338 g/mol. The second-order valence-electron chi connectivity index (χ2n) is 6.96. The predicted octanol–water partition coefficient (Wildman–Crippen LogP) is 2.60. The van der Waals surface area contributed by atoms with Crippen LogP contribution in [0, 0.1) is 18.8 Å². The van der Waals surface area contributed by atoms with E-state index >= 15 is 0 Å². The Labute approximate surface area is 145 Å². The largest absolute Gasteiger partial charge is 0.483 e. The van der Waals surface area contributed by atoms with Crippen molar-refractivity contribution in [1.29, 1.82) is 0 Å². The highest BCUT2D eigenvalue weighted by atomic mass is 35.5. The van der Waals surface area contributed by atoms with Gasteiger partial charge in [0, 0.05) is 26.2 Å². The van der Waals surface area contributed by atoms with E-state index in [-0.39, 0.29) is 24.9 Å². The zero-order chi connectivity index (χ0) is 15.7. The molecule has 1 aromatic rings. The van der Waals surface area contributed by atoms with Gasteiger partial charge in [0.1, 0.15) is 5.75 Å². The van der Waals surface area contributed by atoms with E-state index in [0.717, 1.165) is 37.5 Å². The molecule has 1 N–H and O–H groups in total. The third-order valence-corrected chi connectivity index (χ3v) is 4.88. The van der Waals surface area contributed by atoms with Crippen LogP contribution in [-0.4, -0.2) is 43.6 Å². The van der Waals surface area contributed by atoms with Crippen molar-refractivity contribution in [3.63, 3.8) is 0 Å². The second-order valence-corrected chi connectivity index (χ2v) is 6.96. The normalized spacial score (nSPS) is 22.9. The van der Waals surface area contributed by atoms with Gasteiger partial charge >= 0.3 is 0 Å². The Balaban J connectivity index is 0.00000192. The molecule has 4 nitrogen and oxygen atoms in total. The van der Waals surface area contributed by atoms with Crippen LogP contribution in [0.3, 0.4) is 0 Å². The molecule has 0 spiro atoms. The molecule has 0 aromatic heterocycles. The average Bonchev–Trinajstić information content (AvgIpc) is 3.05. The Morgan fingerprint density at radius 1 is 1.30 bits per heavy atom. The number of halogens is 1. The number of carbonyl (C=O) groups excluding carboxylic acids is 1. The van der Waals surface area contributed by atoms with Crippen molar-refractivity contribution in [3.8, 4) is 5.75 Å². The summed E-state index contributed by atoms with van der Waals surface area (Å²) in [6.45, 7) is 10.3. The fourth-order valence-corrected chi connectivity index (χ4v) is 3.53.